The van der Waals surface area contributed by atoms with Crippen LogP contribution in [0.2, 0.25) is 0 Å². The molecule has 1 heterocycles. The molecule has 2 saturated carbocycles. The van der Waals surface area contributed by atoms with Gasteiger partial charge in [0.2, 0.25) is 0 Å². The van der Waals surface area contributed by atoms with Crippen molar-refractivity contribution in [3.05, 3.63) is 12.3 Å². The van der Waals surface area contributed by atoms with E-state index in [4.69, 9.17) is 0 Å². The second-order valence-corrected chi connectivity index (χ2v) is 4.79. The molecule has 2 heteroatoms. The summed E-state index contributed by atoms with van der Waals surface area (Å²) in [5.41, 5.74) is 0.222. The second kappa shape index (κ2) is 2.37. The monoisotopic (exact) mass is 176 g/mol. The van der Waals surface area contributed by atoms with Crippen LogP contribution in [0.5, 0.6) is 0 Å². The lowest BCUT2D eigenvalue weighted by molar-refractivity contribution is 0.445. The average Bonchev–Trinajstić information content (AvgIpc) is 2.98. The van der Waals surface area contributed by atoms with Gasteiger partial charge in [-0.05, 0) is 44.6 Å². The molecule has 0 aromatic carbocycles. The lowest BCUT2D eigenvalue weighted by atomic mass is 9.94. The van der Waals surface area contributed by atoms with E-state index in [9.17, 15) is 0 Å². The molecule has 0 spiro atoms. The number of aliphatic imine (C=N–C) groups is 1. The average molecular weight is 176 g/mol. The zero-order valence-electron chi connectivity index (χ0n) is 8.09. The minimum absolute atomic E-state index is 0.222. The van der Waals surface area contributed by atoms with E-state index < -0.39 is 0 Å². The lowest BCUT2D eigenvalue weighted by Gasteiger charge is -2.31. The van der Waals surface area contributed by atoms with Crippen molar-refractivity contribution >= 4 is 5.84 Å². The van der Waals surface area contributed by atoms with Crippen LogP contribution >= 0.6 is 0 Å². The summed E-state index contributed by atoms with van der Waals surface area (Å²) in [5, 5.41) is 3.62. The second-order valence-electron chi connectivity index (χ2n) is 4.79. The van der Waals surface area contributed by atoms with Crippen molar-refractivity contribution in [3.8, 4) is 0 Å². The van der Waals surface area contributed by atoms with Gasteiger partial charge < -0.3 is 5.32 Å². The first kappa shape index (κ1) is 7.60. The van der Waals surface area contributed by atoms with Gasteiger partial charge in [0.05, 0.1) is 5.54 Å². The highest BCUT2D eigenvalue weighted by Gasteiger charge is 2.43. The van der Waals surface area contributed by atoms with Gasteiger partial charge in [0.15, 0.2) is 0 Å². The van der Waals surface area contributed by atoms with E-state index >= 15 is 0 Å². The summed E-state index contributed by atoms with van der Waals surface area (Å²) >= 11 is 0. The van der Waals surface area contributed by atoms with Crippen molar-refractivity contribution in [2.45, 2.75) is 38.1 Å². The summed E-state index contributed by atoms with van der Waals surface area (Å²) in [6, 6.07) is 0. The molecule has 0 bridgehead atoms. The molecule has 0 radical (unpaired) electrons. The summed E-state index contributed by atoms with van der Waals surface area (Å²) in [6.07, 6.45) is 9.66. The fraction of sp³-hybridized carbons (Fsp3) is 0.727. The molecule has 0 aromatic heterocycles. The summed E-state index contributed by atoms with van der Waals surface area (Å²) < 4.78 is 0. The Kier molecular flexibility index (Phi) is 1.38. The van der Waals surface area contributed by atoms with Gasteiger partial charge in [0.1, 0.15) is 5.84 Å². The van der Waals surface area contributed by atoms with Crippen LogP contribution in [-0.4, -0.2) is 11.4 Å². The highest BCUT2D eigenvalue weighted by molar-refractivity contribution is 5.88. The van der Waals surface area contributed by atoms with E-state index in [1.54, 1.807) is 0 Å². The number of hydrogen-bond donors (Lipinski definition) is 1. The molecule has 2 fully saturated rings. The molecule has 2 aliphatic carbocycles. The maximum Gasteiger partial charge on any atom is 0.105 e. The topological polar surface area (TPSA) is 24.4 Å². The summed E-state index contributed by atoms with van der Waals surface area (Å²) in [5.74, 6) is 2.85. The van der Waals surface area contributed by atoms with Gasteiger partial charge in [-0.2, -0.15) is 0 Å². The van der Waals surface area contributed by atoms with Gasteiger partial charge in [-0.1, -0.05) is 0 Å². The molecule has 1 unspecified atom stereocenters. The van der Waals surface area contributed by atoms with E-state index in [1.807, 2.05) is 6.20 Å². The molecule has 13 heavy (non-hydrogen) atoms. The molecular weight excluding hydrogens is 160 g/mol. The Bertz CT molecular complexity index is 284. The first-order chi connectivity index (χ1) is 6.28. The van der Waals surface area contributed by atoms with Gasteiger partial charge >= 0.3 is 0 Å². The van der Waals surface area contributed by atoms with Gasteiger partial charge in [-0.3, -0.25) is 0 Å². The SMILES string of the molecule is CC1(C2CC2)C=CN=C(C2CC2)N1. The molecule has 3 rings (SSSR count). The molecule has 1 aliphatic heterocycles. The van der Waals surface area contributed by atoms with Crippen LogP contribution in [0.1, 0.15) is 32.6 Å². The molecule has 0 saturated heterocycles. The molecule has 3 aliphatic rings. The Morgan fingerprint density at radius 3 is 2.77 bits per heavy atom. The summed E-state index contributed by atoms with van der Waals surface area (Å²) in [6.45, 7) is 2.30. The third-order valence-electron chi connectivity index (χ3n) is 3.42. The lowest BCUT2D eigenvalue weighted by Crippen LogP contribution is -2.48. The zero-order chi connectivity index (χ0) is 8.89. The maximum atomic E-state index is 4.42. The molecule has 0 aromatic rings. The van der Waals surface area contributed by atoms with Crippen molar-refractivity contribution < 1.29 is 0 Å². The van der Waals surface area contributed by atoms with E-state index in [0.717, 1.165) is 11.8 Å². The quantitative estimate of drug-likeness (QED) is 0.684. The Labute approximate surface area is 79.1 Å². The van der Waals surface area contributed by atoms with Crippen molar-refractivity contribution in [3.63, 3.8) is 0 Å². The third kappa shape index (κ3) is 1.28. The molecule has 70 valence electrons. The van der Waals surface area contributed by atoms with Crippen LogP contribution in [0.4, 0.5) is 0 Å². The minimum Gasteiger partial charge on any atom is -0.364 e. The zero-order valence-corrected chi connectivity index (χ0v) is 8.09. The van der Waals surface area contributed by atoms with E-state index in [1.165, 1.54) is 31.5 Å². The Morgan fingerprint density at radius 1 is 1.38 bits per heavy atom. The number of nitrogens with one attached hydrogen (secondary N) is 1. The molecule has 1 atom stereocenters. The Hall–Kier alpha value is -0.790. The third-order valence-corrected chi connectivity index (χ3v) is 3.42. The van der Waals surface area contributed by atoms with E-state index in [0.29, 0.717) is 0 Å². The van der Waals surface area contributed by atoms with Gasteiger partial charge in [0.25, 0.3) is 0 Å². The predicted molar refractivity (Wildman–Crippen MR) is 53.6 cm³/mol. The van der Waals surface area contributed by atoms with E-state index in [2.05, 4.69) is 23.3 Å². The number of nitrogens with zero attached hydrogens (tertiary/aromatic N) is 1. The fourth-order valence-corrected chi connectivity index (χ4v) is 2.11. The Balaban J connectivity index is 1.80. The Morgan fingerprint density at radius 2 is 2.15 bits per heavy atom. The maximum absolute atomic E-state index is 4.42. The standard InChI is InChI=1S/C11H16N2/c1-11(9-4-5-9)6-7-12-10(13-11)8-2-3-8/h6-9H,2-5H2,1H3,(H,12,13). The largest absolute Gasteiger partial charge is 0.364 e. The smallest absolute Gasteiger partial charge is 0.105 e. The van der Waals surface area contributed by atoms with Crippen LogP contribution in [0.25, 0.3) is 0 Å². The van der Waals surface area contributed by atoms with Crippen molar-refractivity contribution in [1.82, 2.24) is 5.32 Å². The van der Waals surface area contributed by atoms with Crippen LogP contribution in [0, 0.1) is 11.8 Å². The van der Waals surface area contributed by atoms with Crippen LogP contribution in [-0.2, 0) is 0 Å². The summed E-state index contributed by atoms with van der Waals surface area (Å²) in [7, 11) is 0. The molecule has 2 nitrogen and oxygen atoms in total. The fourth-order valence-electron chi connectivity index (χ4n) is 2.11. The van der Waals surface area contributed by atoms with Gasteiger partial charge in [-0.25, -0.2) is 4.99 Å². The molecule has 1 N–H and O–H groups in total. The van der Waals surface area contributed by atoms with Gasteiger partial charge in [0, 0.05) is 12.1 Å². The first-order valence-corrected chi connectivity index (χ1v) is 5.31. The number of amidine groups is 1. The normalized spacial score (nSPS) is 38.4. The van der Waals surface area contributed by atoms with E-state index in [-0.39, 0.29) is 5.54 Å². The van der Waals surface area contributed by atoms with Crippen LogP contribution in [0.3, 0.4) is 0 Å². The van der Waals surface area contributed by atoms with Crippen LogP contribution in [0.15, 0.2) is 17.3 Å². The highest BCUT2D eigenvalue weighted by atomic mass is 15.1. The highest BCUT2D eigenvalue weighted by Crippen LogP contribution is 2.42. The van der Waals surface area contributed by atoms with Crippen molar-refractivity contribution in [1.29, 1.82) is 0 Å². The molecular formula is C11H16N2. The summed E-state index contributed by atoms with van der Waals surface area (Å²) in [4.78, 5) is 4.42. The van der Waals surface area contributed by atoms with Gasteiger partial charge in [-0.15, -0.1) is 0 Å². The van der Waals surface area contributed by atoms with Crippen LogP contribution < -0.4 is 5.32 Å². The predicted octanol–water partition coefficient (Wildman–Crippen LogP) is 2.08. The molecule has 0 amide bonds. The number of rotatable bonds is 2. The van der Waals surface area contributed by atoms with Crippen molar-refractivity contribution in [2.24, 2.45) is 16.8 Å². The minimum atomic E-state index is 0.222. The van der Waals surface area contributed by atoms with Crippen molar-refractivity contribution in [2.75, 3.05) is 0 Å². The number of hydrogen-bond acceptors (Lipinski definition) is 2. The first-order valence-electron chi connectivity index (χ1n) is 5.31.